The molecule has 0 bridgehead atoms. The molecule has 3 N–H and O–H groups in total. The van der Waals surface area contributed by atoms with Gasteiger partial charge in [0.2, 0.25) is 5.95 Å². The average molecular weight is 369 g/mol. The third kappa shape index (κ3) is 4.23. The maximum absolute atomic E-state index is 10.6. The van der Waals surface area contributed by atoms with Crippen LogP contribution in [0.4, 0.5) is 5.95 Å². The summed E-state index contributed by atoms with van der Waals surface area (Å²) < 4.78 is 7.87. The summed E-state index contributed by atoms with van der Waals surface area (Å²) in [5.41, 5.74) is 5.10. The van der Waals surface area contributed by atoms with Crippen LogP contribution in [0.25, 0.3) is 11.0 Å². The van der Waals surface area contributed by atoms with Crippen molar-refractivity contribution >= 4 is 17.0 Å². The van der Waals surface area contributed by atoms with E-state index in [1.165, 1.54) is 5.56 Å². The standard InChI is InChI=1S/C21H27N3O3/c1-14-8-9-15(2)20(16(14)3)27-13-17(26)12-24-19-7-5-4-6-18(19)23-21(24)22-10-11-25/h4-9,17,25-26H,10-13H2,1-3H3,(H,22,23)/t17-/m1/s1. The lowest BCUT2D eigenvalue weighted by Gasteiger charge is -2.18. The monoisotopic (exact) mass is 369 g/mol. The van der Waals surface area contributed by atoms with E-state index < -0.39 is 6.10 Å². The zero-order chi connectivity index (χ0) is 19.4. The van der Waals surface area contributed by atoms with Gasteiger partial charge in [-0.05, 0) is 49.6 Å². The lowest BCUT2D eigenvalue weighted by Crippen LogP contribution is -2.25. The molecule has 0 saturated heterocycles. The fourth-order valence-electron chi connectivity index (χ4n) is 3.15. The van der Waals surface area contributed by atoms with Gasteiger partial charge in [-0.25, -0.2) is 4.98 Å². The highest BCUT2D eigenvalue weighted by atomic mass is 16.5. The molecular formula is C21H27N3O3. The summed E-state index contributed by atoms with van der Waals surface area (Å²) in [5, 5.41) is 22.8. The third-order valence-electron chi connectivity index (χ3n) is 4.74. The molecule has 6 heteroatoms. The predicted molar refractivity (Wildman–Crippen MR) is 107 cm³/mol. The Bertz CT molecular complexity index is 920. The van der Waals surface area contributed by atoms with Gasteiger partial charge in [0.1, 0.15) is 18.5 Å². The lowest BCUT2D eigenvalue weighted by molar-refractivity contribution is 0.0931. The maximum Gasteiger partial charge on any atom is 0.204 e. The molecule has 6 nitrogen and oxygen atoms in total. The van der Waals surface area contributed by atoms with Gasteiger partial charge in [-0.2, -0.15) is 0 Å². The number of aromatic nitrogens is 2. The number of fused-ring (bicyclic) bond motifs is 1. The molecule has 27 heavy (non-hydrogen) atoms. The molecule has 0 aliphatic carbocycles. The van der Waals surface area contributed by atoms with Crippen molar-refractivity contribution in [2.75, 3.05) is 25.1 Å². The molecular weight excluding hydrogens is 342 g/mol. The average Bonchev–Trinajstić information content (AvgIpc) is 3.00. The van der Waals surface area contributed by atoms with E-state index in [1.54, 1.807) is 0 Å². The number of imidazole rings is 1. The molecule has 0 spiro atoms. The summed E-state index contributed by atoms with van der Waals surface area (Å²) in [6.07, 6.45) is -0.698. The first kappa shape index (κ1) is 19.2. The fraction of sp³-hybridized carbons (Fsp3) is 0.381. The van der Waals surface area contributed by atoms with Gasteiger partial charge in [0, 0.05) is 6.54 Å². The number of aliphatic hydroxyl groups excluding tert-OH is 2. The second-order valence-corrected chi connectivity index (χ2v) is 6.80. The molecule has 1 heterocycles. The van der Waals surface area contributed by atoms with E-state index in [4.69, 9.17) is 9.84 Å². The molecule has 1 atom stereocenters. The quantitative estimate of drug-likeness (QED) is 0.569. The Balaban J connectivity index is 1.76. The number of hydrogen-bond donors (Lipinski definition) is 3. The van der Waals surface area contributed by atoms with Gasteiger partial charge in [-0.1, -0.05) is 24.3 Å². The number of nitrogens with one attached hydrogen (secondary N) is 1. The Hall–Kier alpha value is -2.57. The van der Waals surface area contributed by atoms with Crippen molar-refractivity contribution in [2.24, 2.45) is 0 Å². The first-order valence-electron chi connectivity index (χ1n) is 9.19. The smallest absolute Gasteiger partial charge is 0.204 e. The Morgan fingerprint density at radius 1 is 1.11 bits per heavy atom. The van der Waals surface area contributed by atoms with Gasteiger partial charge in [0.05, 0.1) is 24.2 Å². The van der Waals surface area contributed by atoms with E-state index in [-0.39, 0.29) is 13.2 Å². The molecule has 3 rings (SSSR count). The normalized spacial score (nSPS) is 12.3. The molecule has 0 aliphatic heterocycles. The van der Waals surface area contributed by atoms with Crippen LogP contribution in [0.2, 0.25) is 0 Å². The van der Waals surface area contributed by atoms with Crippen molar-refractivity contribution in [1.82, 2.24) is 9.55 Å². The number of ether oxygens (including phenoxy) is 1. The minimum absolute atomic E-state index is 0.0147. The van der Waals surface area contributed by atoms with Crippen LogP contribution in [-0.2, 0) is 6.54 Å². The molecule has 144 valence electrons. The highest BCUT2D eigenvalue weighted by Gasteiger charge is 2.15. The van der Waals surface area contributed by atoms with Crippen molar-refractivity contribution in [1.29, 1.82) is 0 Å². The Labute approximate surface area is 159 Å². The highest BCUT2D eigenvalue weighted by Crippen LogP contribution is 2.26. The SMILES string of the molecule is Cc1ccc(C)c(OC[C@H](O)Cn2c(NCCO)nc3ccccc32)c1C. The van der Waals surface area contributed by atoms with Gasteiger partial charge in [-0.15, -0.1) is 0 Å². The van der Waals surface area contributed by atoms with E-state index in [0.29, 0.717) is 19.0 Å². The minimum atomic E-state index is -0.698. The first-order chi connectivity index (χ1) is 13.0. The van der Waals surface area contributed by atoms with Gasteiger partial charge >= 0.3 is 0 Å². The van der Waals surface area contributed by atoms with Crippen LogP contribution >= 0.6 is 0 Å². The van der Waals surface area contributed by atoms with Crippen molar-refractivity contribution in [3.63, 3.8) is 0 Å². The molecule has 1 aromatic heterocycles. The maximum atomic E-state index is 10.6. The Morgan fingerprint density at radius 2 is 1.85 bits per heavy atom. The molecule has 2 aromatic carbocycles. The van der Waals surface area contributed by atoms with E-state index in [2.05, 4.69) is 23.3 Å². The zero-order valence-electron chi connectivity index (χ0n) is 16.1. The van der Waals surface area contributed by atoms with Crippen LogP contribution in [0.3, 0.4) is 0 Å². The number of aliphatic hydroxyl groups is 2. The molecule has 0 saturated carbocycles. The van der Waals surface area contributed by atoms with Gasteiger partial charge < -0.3 is 24.8 Å². The summed E-state index contributed by atoms with van der Waals surface area (Å²) in [5.74, 6) is 1.47. The number of aryl methyl sites for hydroxylation is 2. The molecule has 0 radical (unpaired) electrons. The first-order valence-corrected chi connectivity index (χ1v) is 9.19. The largest absolute Gasteiger partial charge is 0.490 e. The second kappa shape index (κ2) is 8.41. The van der Waals surface area contributed by atoms with Gasteiger partial charge in [0.25, 0.3) is 0 Å². The van der Waals surface area contributed by atoms with Crippen LogP contribution in [0.15, 0.2) is 36.4 Å². The Morgan fingerprint density at radius 3 is 2.63 bits per heavy atom. The second-order valence-electron chi connectivity index (χ2n) is 6.80. The number of anilines is 1. The molecule has 0 aliphatic rings. The van der Waals surface area contributed by atoms with Gasteiger partial charge in [0.15, 0.2) is 0 Å². The van der Waals surface area contributed by atoms with E-state index in [1.807, 2.05) is 48.7 Å². The van der Waals surface area contributed by atoms with Crippen LogP contribution in [0, 0.1) is 20.8 Å². The summed E-state index contributed by atoms with van der Waals surface area (Å²) in [6.45, 7) is 7.04. The topological polar surface area (TPSA) is 79.5 Å². The number of para-hydroxylation sites is 2. The van der Waals surface area contributed by atoms with Crippen molar-refractivity contribution in [3.05, 3.63) is 53.1 Å². The fourth-order valence-corrected chi connectivity index (χ4v) is 3.15. The molecule has 0 unspecified atom stereocenters. The predicted octanol–water partition coefficient (Wildman–Crippen LogP) is 2.81. The van der Waals surface area contributed by atoms with Crippen molar-refractivity contribution < 1.29 is 14.9 Å². The summed E-state index contributed by atoms with van der Waals surface area (Å²) in [7, 11) is 0. The zero-order valence-corrected chi connectivity index (χ0v) is 16.1. The highest BCUT2D eigenvalue weighted by molar-refractivity contribution is 5.78. The van der Waals surface area contributed by atoms with Crippen molar-refractivity contribution in [3.8, 4) is 5.75 Å². The summed E-state index contributed by atoms with van der Waals surface area (Å²) in [6, 6.07) is 11.9. The van der Waals surface area contributed by atoms with Gasteiger partial charge in [-0.3, -0.25) is 0 Å². The molecule has 0 fully saturated rings. The number of nitrogens with zero attached hydrogens (tertiary/aromatic N) is 2. The Kier molecular flexibility index (Phi) is 5.98. The molecule has 3 aromatic rings. The van der Waals surface area contributed by atoms with Crippen molar-refractivity contribution in [2.45, 2.75) is 33.4 Å². The molecule has 0 amide bonds. The van der Waals surface area contributed by atoms with E-state index in [0.717, 1.165) is 27.9 Å². The lowest BCUT2D eigenvalue weighted by atomic mass is 10.1. The van der Waals surface area contributed by atoms with E-state index in [9.17, 15) is 5.11 Å². The van der Waals surface area contributed by atoms with E-state index >= 15 is 0 Å². The summed E-state index contributed by atoms with van der Waals surface area (Å²) in [4.78, 5) is 4.55. The summed E-state index contributed by atoms with van der Waals surface area (Å²) >= 11 is 0. The van der Waals surface area contributed by atoms with Crippen LogP contribution < -0.4 is 10.1 Å². The number of benzene rings is 2. The number of hydrogen-bond acceptors (Lipinski definition) is 5. The third-order valence-corrected chi connectivity index (χ3v) is 4.74. The number of rotatable bonds is 8. The minimum Gasteiger partial charge on any atom is -0.490 e. The van der Waals surface area contributed by atoms with Crippen LogP contribution in [-0.4, -0.2) is 45.6 Å². The van der Waals surface area contributed by atoms with Crippen LogP contribution in [0.1, 0.15) is 16.7 Å². The van der Waals surface area contributed by atoms with Crippen LogP contribution in [0.5, 0.6) is 5.75 Å².